The van der Waals surface area contributed by atoms with Gasteiger partial charge < -0.3 is 55.4 Å². The lowest BCUT2D eigenvalue weighted by Crippen LogP contribution is -2.61. The van der Waals surface area contributed by atoms with Gasteiger partial charge in [-0.1, -0.05) is 19.3 Å². The third kappa shape index (κ3) is 9.13. The highest BCUT2D eigenvalue weighted by atomic mass is 16.7. The summed E-state index contributed by atoms with van der Waals surface area (Å²) in [6.45, 7) is -1.70. The van der Waals surface area contributed by atoms with E-state index in [0.717, 1.165) is 0 Å². The average molecular weight is 484 g/mol. The highest BCUT2D eigenvalue weighted by Gasteiger charge is 2.47. The Morgan fingerprint density at radius 2 is 1.42 bits per heavy atom. The molecule has 4 unspecified atom stereocenters. The Kier molecular flexibility index (Phi) is 13.4. The summed E-state index contributed by atoms with van der Waals surface area (Å²) in [7, 11) is 0. The molecule has 1 heterocycles. The molecule has 0 bridgehead atoms. The van der Waals surface area contributed by atoms with Gasteiger partial charge in [-0.15, -0.1) is 0 Å². The molecule has 1 aliphatic heterocycles. The Hall–Kier alpha value is -1.26. The van der Waals surface area contributed by atoms with E-state index in [1.54, 1.807) is 0 Å². The second kappa shape index (κ2) is 14.9. The van der Waals surface area contributed by atoms with Gasteiger partial charge in [-0.3, -0.25) is 9.59 Å². The number of unbranched alkanes of at least 4 members (excludes halogenated alkanes) is 4. The van der Waals surface area contributed by atoms with Gasteiger partial charge in [0.05, 0.1) is 13.2 Å². The summed E-state index contributed by atoms with van der Waals surface area (Å²) in [6, 6.07) is 0. The molecule has 0 saturated carbocycles. The van der Waals surface area contributed by atoms with E-state index in [0.29, 0.717) is 32.1 Å². The van der Waals surface area contributed by atoms with Crippen LogP contribution in [-0.4, -0.2) is 126 Å². The zero-order valence-corrected chi connectivity index (χ0v) is 18.2. The highest BCUT2D eigenvalue weighted by Crippen LogP contribution is 2.25. The van der Waals surface area contributed by atoms with Crippen molar-refractivity contribution in [2.24, 2.45) is 0 Å². The van der Waals surface area contributed by atoms with Gasteiger partial charge in [0.25, 0.3) is 0 Å². The zero-order chi connectivity index (χ0) is 25.1. The normalized spacial score (nSPS) is 29.3. The van der Waals surface area contributed by atoms with E-state index in [9.17, 15) is 50.4 Å². The van der Waals surface area contributed by atoms with Crippen LogP contribution in [0.1, 0.15) is 44.9 Å². The monoisotopic (exact) mass is 484 g/mol. The molecule has 1 aliphatic rings. The molecule has 1 saturated heterocycles. The van der Waals surface area contributed by atoms with Crippen molar-refractivity contribution in [3.8, 4) is 0 Å². The summed E-state index contributed by atoms with van der Waals surface area (Å²) in [5.41, 5.74) is 0. The van der Waals surface area contributed by atoms with Gasteiger partial charge in [-0.05, 0) is 12.8 Å². The van der Waals surface area contributed by atoms with Crippen molar-refractivity contribution in [2.75, 3.05) is 13.2 Å². The molecule has 13 heteroatoms. The van der Waals surface area contributed by atoms with E-state index >= 15 is 0 Å². The number of carboxylic acids is 1. The first-order valence-electron chi connectivity index (χ1n) is 10.9. The summed E-state index contributed by atoms with van der Waals surface area (Å²) in [5, 5.41) is 87.4. The lowest BCUT2D eigenvalue weighted by atomic mass is 9.96. The second-order valence-corrected chi connectivity index (χ2v) is 8.11. The number of rotatable bonds is 16. The largest absolute Gasteiger partial charge is 0.481 e. The molecule has 0 spiro atoms. The molecule has 9 atom stereocenters. The number of hydrogen-bond donors (Lipinski definition) is 9. The van der Waals surface area contributed by atoms with Crippen LogP contribution in [0.5, 0.6) is 0 Å². The lowest BCUT2D eigenvalue weighted by Gasteiger charge is -2.42. The summed E-state index contributed by atoms with van der Waals surface area (Å²) in [5.74, 6) is -1.64. The fourth-order valence-electron chi connectivity index (χ4n) is 3.46. The fourth-order valence-corrected chi connectivity index (χ4v) is 3.46. The molecule has 9 N–H and O–H groups in total. The molecule has 0 aromatic carbocycles. The van der Waals surface area contributed by atoms with Crippen LogP contribution < -0.4 is 0 Å². The smallest absolute Gasteiger partial charge is 0.303 e. The van der Waals surface area contributed by atoms with E-state index in [1.165, 1.54) is 0 Å². The van der Waals surface area contributed by atoms with E-state index in [1.807, 2.05) is 0 Å². The van der Waals surface area contributed by atoms with Crippen LogP contribution in [0, 0.1) is 0 Å². The third-order valence-corrected chi connectivity index (χ3v) is 5.51. The first-order valence-corrected chi connectivity index (χ1v) is 10.9. The summed E-state index contributed by atoms with van der Waals surface area (Å²) in [6.07, 6.45) is -13.3. The van der Waals surface area contributed by atoms with Gasteiger partial charge in [-0.2, -0.15) is 0 Å². The predicted molar refractivity (Wildman–Crippen MR) is 109 cm³/mol. The van der Waals surface area contributed by atoms with Gasteiger partial charge in [0, 0.05) is 12.8 Å². The maximum Gasteiger partial charge on any atom is 0.303 e. The third-order valence-electron chi connectivity index (χ3n) is 5.51. The molecule has 0 aromatic rings. The number of aliphatic hydroxyl groups is 8. The van der Waals surface area contributed by atoms with Crippen molar-refractivity contribution in [1.82, 2.24) is 0 Å². The van der Waals surface area contributed by atoms with Crippen molar-refractivity contribution >= 4 is 11.8 Å². The molecule has 13 nitrogen and oxygen atoms in total. The number of carbonyl (C=O) groups excluding carboxylic acids is 1. The molecule has 194 valence electrons. The van der Waals surface area contributed by atoms with Crippen molar-refractivity contribution < 1.29 is 65.0 Å². The predicted octanol–water partition coefficient (Wildman–Crippen LogP) is -3.37. The van der Waals surface area contributed by atoms with Crippen LogP contribution in [0.4, 0.5) is 0 Å². The van der Waals surface area contributed by atoms with Crippen LogP contribution >= 0.6 is 0 Å². The van der Waals surface area contributed by atoms with Crippen molar-refractivity contribution in [3.05, 3.63) is 0 Å². The molecule has 1 rings (SSSR count). The maximum absolute atomic E-state index is 12.3. The van der Waals surface area contributed by atoms with Gasteiger partial charge in [0.1, 0.15) is 48.8 Å². The van der Waals surface area contributed by atoms with Crippen LogP contribution in [0.15, 0.2) is 0 Å². The minimum atomic E-state index is -2.04. The molecule has 0 radical (unpaired) electrons. The number of Topliss-reactive ketones (excluding diaryl/α,β-unsaturated/α-hetero) is 1. The molecular formula is C20H36O13. The summed E-state index contributed by atoms with van der Waals surface area (Å²) >= 11 is 0. The molecule has 0 amide bonds. The van der Waals surface area contributed by atoms with Crippen molar-refractivity contribution in [2.45, 2.75) is 100 Å². The van der Waals surface area contributed by atoms with Crippen LogP contribution in [0.2, 0.25) is 0 Å². The minimum absolute atomic E-state index is 0.0624. The average Bonchev–Trinajstić information content (AvgIpc) is 2.79. The molecule has 0 aliphatic carbocycles. The van der Waals surface area contributed by atoms with Gasteiger partial charge in [-0.25, -0.2) is 0 Å². The molecule has 1 fully saturated rings. The number of aliphatic hydroxyl groups excluding tert-OH is 8. The standard InChI is InChI=1S/C20H36O13/c21-8-11(24)19(33-20-18(31)16(29)15(28)12(9-22)32-20)17(30)14(27)10(23)6-4-2-1-3-5-7-13(25)26/h11-12,14-22,24,27-31H,1-9H2,(H,25,26)/t11?,12?,14?,15-,16+,17-,18?,19-,20+/m1/s1. The quantitative estimate of drug-likeness (QED) is 0.0974. The fraction of sp³-hybridized carbons (Fsp3) is 0.900. The Bertz CT molecular complexity index is 586. The number of hydrogen-bond acceptors (Lipinski definition) is 12. The Morgan fingerprint density at radius 3 is 1.97 bits per heavy atom. The van der Waals surface area contributed by atoms with E-state index in [4.69, 9.17) is 14.6 Å². The van der Waals surface area contributed by atoms with Gasteiger partial charge in [0.15, 0.2) is 12.1 Å². The molecule has 0 aromatic heterocycles. The Balaban J connectivity index is 2.66. The lowest BCUT2D eigenvalue weighted by molar-refractivity contribution is -0.326. The minimum Gasteiger partial charge on any atom is -0.481 e. The highest BCUT2D eigenvalue weighted by molar-refractivity contribution is 5.83. The molecular weight excluding hydrogens is 448 g/mol. The van der Waals surface area contributed by atoms with E-state index in [2.05, 4.69) is 0 Å². The Morgan fingerprint density at radius 1 is 0.848 bits per heavy atom. The zero-order valence-electron chi connectivity index (χ0n) is 18.2. The maximum atomic E-state index is 12.3. The first kappa shape index (κ1) is 29.8. The number of carbonyl (C=O) groups is 2. The first-order chi connectivity index (χ1) is 15.5. The summed E-state index contributed by atoms with van der Waals surface area (Å²) in [4.78, 5) is 22.7. The molecule has 33 heavy (non-hydrogen) atoms. The van der Waals surface area contributed by atoms with Crippen LogP contribution in [0.25, 0.3) is 0 Å². The van der Waals surface area contributed by atoms with Gasteiger partial charge >= 0.3 is 5.97 Å². The van der Waals surface area contributed by atoms with E-state index < -0.39 is 80.1 Å². The van der Waals surface area contributed by atoms with Crippen molar-refractivity contribution in [3.63, 3.8) is 0 Å². The number of aliphatic carboxylic acids is 1. The van der Waals surface area contributed by atoms with Gasteiger partial charge in [0.2, 0.25) is 0 Å². The number of carboxylic acid groups (broad SMARTS) is 1. The van der Waals surface area contributed by atoms with Crippen molar-refractivity contribution in [1.29, 1.82) is 0 Å². The summed E-state index contributed by atoms with van der Waals surface area (Å²) < 4.78 is 10.4. The number of ether oxygens (including phenoxy) is 2. The Labute approximate surface area is 190 Å². The van der Waals surface area contributed by atoms with E-state index in [-0.39, 0.29) is 12.8 Å². The topological polar surface area (TPSA) is 235 Å². The number of ketones is 1. The second-order valence-electron chi connectivity index (χ2n) is 8.11. The SMILES string of the molecule is O=C(O)CCCCCCCC(=O)C(O)[C@@H](O)[C@H](O[C@@H]1OC(CO)[C@@H](O)[C@H](O)C1O)C(O)CO. The van der Waals surface area contributed by atoms with Crippen LogP contribution in [0.3, 0.4) is 0 Å². The van der Waals surface area contributed by atoms with Crippen LogP contribution in [-0.2, 0) is 19.1 Å².